The Morgan fingerprint density at radius 3 is 3.07 bits per heavy atom. The minimum atomic E-state index is 0.153. The third kappa shape index (κ3) is 2.17. The number of nitrogens with zero attached hydrogens (tertiary/aromatic N) is 3. The molecule has 0 aromatic carbocycles. The van der Waals surface area contributed by atoms with Crippen molar-refractivity contribution >= 4 is 6.21 Å². The van der Waals surface area contributed by atoms with Crippen LogP contribution in [0.5, 0.6) is 0 Å². The average molecular weight is 203 g/mol. The van der Waals surface area contributed by atoms with Crippen LogP contribution in [0.2, 0.25) is 0 Å². The summed E-state index contributed by atoms with van der Waals surface area (Å²) in [4.78, 5) is 4.61. The molecule has 1 aromatic heterocycles. The van der Waals surface area contributed by atoms with Crippen LogP contribution in [0.4, 0.5) is 0 Å². The van der Waals surface area contributed by atoms with E-state index in [4.69, 9.17) is 0 Å². The van der Waals surface area contributed by atoms with E-state index in [0.29, 0.717) is 5.92 Å². The summed E-state index contributed by atoms with van der Waals surface area (Å²) >= 11 is 0. The lowest BCUT2D eigenvalue weighted by atomic mass is 10.0. The van der Waals surface area contributed by atoms with Crippen LogP contribution in [-0.4, -0.2) is 16.0 Å². The first-order valence-electron chi connectivity index (χ1n) is 5.52. The number of hydrogen-bond acceptors (Lipinski definition) is 2. The molecule has 0 fully saturated rings. The van der Waals surface area contributed by atoms with Crippen molar-refractivity contribution in [2.24, 2.45) is 10.9 Å². The quantitative estimate of drug-likeness (QED) is 0.727. The molecule has 3 nitrogen and oxygen atoms in total. The summed E-state index contributed by atoms with van der Waals surface area (Å²) < 4.78 is 1.94. The number of allylic oxidation sites excluding steroid dienone is 2. The summed E-state index contributed by atoms with van der Waals surface area (Å²) in [7, 11) is 0. The molecule has 0 spiro atoms. The fourth-order valence-electron chi connectivity index (χ4n) is 1.83. The molecule has 15 heavy (non-hydrogen) atoms. The van der Waals surface area contributed by atoms with Gasteiger partial charge in [-0.3, -0.25) is 4.99 Å². The van der Waals surface area contributed by atoms with E-state index in [1.807, 2.05) is 23.2 Å². The van der Waals surface area contributed by atoms with Gasteiger partial charge in [-0.25, -0.2) is 4.68 Å². The van der Waals surface area contributed by atoms with E-state index in [2.05, 4.69) is 30.0 Å². The number of aromatic nitrogens is 2. The average Bonchev–Trinajstić information content (AvgIpc) is 2.70. The van der Waals surface area contributed by atoms with Crippen LogP contribution in [-0.2, 0) is 0 Å². The zero-order chi connectivity index (χ0) is 10.7. The fraction of sp³-hybridized carbons (Fsp3) is 0.500. The molecule has 3 heteroatoms. The zero-order valence-electron chi connectivity index (χ0n) is 9.30. The molecule has 2 rings (SSSR count). The first-order valence-corrected chi connectivity index (χ1v) is 5.52. The molecule has 0 N–H and O–H groups in total. The van der Waals surface area contributed by atoms with Crippen molar-refractivity contribution in [3.63, 3.8) is 0 Å². The van der Waals surface area contributed by atoms with Gasteiger partial charge in [-0.1, -0.05) is 19.9 Å². The number of hydrogen-bond donors (Lipinski definition) is 0. The van der Waals surface area contributed by atoms with Gasteiger partial charge < -0.3 is 0 Å². The van der Waals surface area contributed by atoms with E-state index in [1.54, 1.807) is 6.20 Å². The highest BCUT2D eigenvalue weighted by atomic mass is 15.3. The molecule has 0 radical (unpaired) electrons. The number of rotatable bonds is 2. The summed E-state index contributed by atoms with van der Waals surface area (Å²) in [6.45, 7) is 4.38. The second-order valence-electron chi connectivity index (χ2n) is 4.02. The molecule has 2 heterocycles. The summed E-state index contributed by atoms with van der Waals surface area (Å²) in [5, 5.41) is 4.26. The largest absolute Gasteiger partial charge is 0.266 e. The third-order valence-electron chi connectivity index (χ3n) is 2.86. The molecule has 1 aliphatic rings. The molecular weight excluding hydrogens is 186 g/mol. The Morgan fingerprint density at radius 2 is 2.40 bits per heavy atom. The van der Waals surface area contributed by atoms with E-state index in [-0.39, 0.29) is 6.17 Å². The predicted molar refractivity (Wildman–Crippen MR) is 61.9 cm³/mol. The lowest BCUT2D eigenvalue weighted by Crippen LogP contribution is -2.14. The van der Waals surface area contributed by atoms with E-state index in [0.717, 1.165) is 12.8 Å². The van der Waals surface area contributed by atoms with Gasteiger partial charge in [0.15, 0.2) is 0 Å². The Labute approximate surface area is 90.5 Å². The maximum Gasteiger partial charge on any atom is 0.144 e. The molecule has 0 saturated carbocycles. The highest BCUT2D eigenvalue weighted by molar-refractivity contribution is 5.78. The van der Waals surface area contributed by atoms with Gasteiger partial charge in [0.1, 0.15) is 6.17 Å². The lowest BCUT2D eigenvalue weighted by Gasteiger charge is -2.17. The Bertz CT molecular complexity index is 362. The van der Waals surface area contributed by atoms with Crippen LogP contribution >= 0.6 is 0 Å². The summed E-state index contributed by atoms with van der Waals surface area (Å²) in [5.74, 6) is 0.505. The van der Waals surface area contributed by atoms with Gasteiger partial charge in [-0.05, 0) is 24.5 Å². The van der Waals surface area contributed by atoms with Gasteiger partial charge in [0.2, 0.25) is 0 Å². The van der Waals surface area contributed by atoms with Crippen molar-refractivity contribution in [2.75, 3.05) is 0 Å². The van der Waals surface area contributed by atoms with Crippen molar-refractivity contribution < 1.29 is 0 Å². The van der Waals surface area contributed by atoms with Crippen molar-refractivity contribution in [3.8, 4) is 0 Å². The van der Waals surface area contributed by atoms with Gasteiger partial charge in [0, 0.05) is 24.5 Å². The zero-order valence-corrected chi connectivity index (χ0v) is 9.30. The Balaban J connectivity index is 2.21. The molecule has 2 unspecified atom stereocenters. The van der Waals surface area contributed by atoms with E-state index < -0.39 is 0 Å². The van der Waals surface area contributed by atoms with Crippen LogP contribution in [0.3, 0.4) is 0 Å². The molecule has 0 bridgehead atoms. The Hall–Kier alpha value is -1.38. The molecular formula is C12H17N3. The van der Waals surface area contributed by atoms with Crippen LogP contribution in [0.15, 0.2) is 35.1 Å². The Morgan fingerprint density at radius 1 is 1.53 bits per heavy atom. The topological polar surface area (TPSA) is 30.2 Å². The van der Waals surface area contributed by atoms with Gasteiger partial charge in [0.25, 0.3) is 0 Å². The van der Waals surface area contributed by atoms with Crippen molar-refractivity contribution in [2.45, 2.75) is 32.9 Å². The summed E-state index contributed by atoms with van der Waals surface area (Å²) in [6.07, 6.45) is 10.4. The monoisotopic (exact) mass is 203 g/mol. The van der Waals surface area contributed by atoms with Crippen molar-refractivity contribution in [3.05, 3.63) is 30.1 Å². The van der Waals surface area contributed by atoms with Crippen LogP contribution < -0.4 is 0 Å². The second kappa shape index (κ2) is 4.43. The highest BCUT2D eigenvalue weighted by Gasteiger charge is 2.18. The molecule has 0 amide bonds. The van der Waals surface area contributed by atoms with Crippen LogP contribution in [0, 0.1) is 5.92 Å². The predicted octanol–water partition coefficient (Wildman–Crippen LogP) is 2.83. The van der Waals surface area contributed by atoms with Crippen molar-refractivity contribution in [1.29, 1.82) is 0 Å². The normalized spacial score (nSPS) is 26.1. The fourth-order valence-corrected chi connectivity index (χ4v) is 1.83. The maximum absolute atomic E-state index is 4.61. The molecule has 1 aliphatic heterocycles. The smallest absolute Gasteiger partial charge is 0.144 e. The summed E-state index contributed by atoms with van der Waals surface area (Å²) in [5.41, 5.74) is 1.33. The van der Waals surface area contributed by atoms with Crippen molar-refractivity contribution in [1.82, 2.24) is 9.78 Å². The van der Waals surface area contributed by atoms with Gasteiger partial charge in [-0.2, -0.15) is 5.10 Å². The molecule has 0 aliphatic carbocycles. The van der Waals surface area contributed by atoms with E-state index >= 15 is 0 Å². The standard InChI is InChI=1S/C12H17N3/c1-3-11-6-5-10(2)12(13-9-11)15-8-4-7-14-15/h4,6-10,12H,3,5H2,1-2H3. The maximum atomic E-state index is 4.61. The minimum Gasteiger partial charge on any atom is -0.266 e. The molecule has 80 valence electrons. The Kier molecular flexibility index (Phi) is 2.99. The molecule has 0 saturated heterocycles. The number of aliphatic imine (C=N–C) groups is 1. The van der Waals surface area contributed by atoms with Crippen LogP contribution in [0.25, 0.3) is 0 Å². The van der Waals surface area contributed by atoms with Gasteiger partial charge in [0.05, 0.1) is 0 Å². The SMILES string of the molecule is CCC1=CCC(C)C(n2cccn2)N=C1. The first kappa shape index (κ1) is 10.1. The third-order valence-corrected chi connectivity index (χ3v) is 2.86. The van der Waals surface area contributed by atoms with E-state index in [1.165, 1.54) is 5.57 Å². The van der Waals surface area contributed by atoms with Crippen LogP contribution in [0.1, 0.15) is 32.9 Å². The first-order chi connectivity index (χ1) is 7.31. The summed E-state index contributed by atoms with van der Waals surface area (Å²) in [6, 6.07) is 1.95. The second-order valence-corrected chi connectivity index (χ2v) is 4.02. The van der Waals surface area contributed by atoms with E-state index in [9.17, 15) is 0 Å². The minimum absolute atomic E-state index is 0.153. The highest BCUT2D eigenvalue weighted by Crippen LogP contribution is 2.25. The lowest BCUT2D eigenvalue weighted by molar-refractivity contribution is 0.343. The molecule has 1 aromatic rings. The van der Waals surface area contributed by atoms with Gasteiger partial charge in [-0.15, -0.1) is 0 Å². The van der Waals surface area contributed by atoms with Gasteiger partial charge >= 0.3 is 0 Å². The molecule has 2 atom stereocenters.